The largest absolute Gasteiger partial charge is 0.491 e. The van der Waals surface area contributed by atoms with Crippen LogP contribution in [0.4, 0.5) is 0 Å². The third kappa shape index (κ3) is 9.38. The molecule has 0 heterocycles. The van der Waals surface area contributed by atoms with Crippen molar-refractivity contribution in [2.45, 2.75) is 71.3 Å². The van der Waals surface area contributed by atoms with Crippen LogP contribution in [0.1, 0.15) is 69.9 Å². The molecule has 2 fully saturated rings. The Morgan fingerprint density at radius 1 is 1.00 bits per heavy atom. The number of aliphatic hydroxyl groups is 1. The predicted molar refractivity (Wildman–Crippen MR) is 168 cm³/mol. The lowest BCUT2D eigenvalue weighted by molar-refractivity contribution is -0.124. The van der Waals surface area contributed by atoms with Gasteiger partial charge in [0.2, 0.25) is 5.91 Å². The molecule has 4 N–H and O–H groups in total. The van der Waals surface area contributed by atoms with Crippen LogP contribution >= 0.6 is 0 Å². The van der Waals surface area contributed by atoms with Gasteiger partial charge in [-0.3, -0.25) is 9.69 Å². The highest BCUT2D eigenvalue weighted by molar-refractivity contribution is 5.77. The lowest BCUT2D eigenvalue weighted by Crippen LogP contribution is -2.43. The summed E-state index contributed by atoms with van der Waals surface area (Å²) in [5.74, 6) is 3.01. The average molecular weight is 604 g/mol. The number of carbonyl (C=O) groups excluding carboxylic acids is 1. The summed E-state index contributed by atoms with van der Waals surface area (Å²) in [6.45, 7) is 13.4. The van der Waals surface area contributed by atoms with E-state index >= 15 is 0 Å². The molecular formula is C34H57N3O6. The van der Waals surface area contributed by atoms with Crippen molar-refractivity contribution in [2.75, 3.05) is 79.0 Å². The van der Waals surface area contributed by atoms with Gasteiger partial charge in [0, 0.05) is 38.6 Å². The van der Waals surface area contributed by atoms with Crippen molar-refractivity contribution >= 4 is 5.91 Å². The molecule has 9 nitrogen and oxygen atoms in total. The van der Waals surface area contributed by atoms with Crippen LogP contribution in [0.5, 0.6) is 5.75 Å². The van der Waals surface area contributed by atoms with Crippen molar-refractivity contribution in [3.05, 3.63) is 29.3 Å². The molecule has 3 aliphatic carbocycles. The first kappa shape index (κ1) is 34.1. The van der Waals surface area contributed by atoms with Crippen molar-refractivity contribution in [3.8, 4) is 5.75 Å². The summed E-state index contributed by atoms with van der Waals surface area (Å²) in [5.41, 5.74) is 8.81. The Morgan fingerprint density at radius 3 is 2.44 bits per heavy atom. The number of benzene rings is 1. The SMILES string of the molecule is CC(C)C(=O)NCCN(CCN)CCOCCOCCOCCOc1ccc2c(c1)CCC1[C@@H]2CCC2(C)C(O)CC[C@@H]12. The van der Waals surface area contributed by atoms with E-state index < -0.39 is 0 Å². The zero-order valence-corrected chi connectivity index (χ0v) is 26.9. The number of carbonyl (C=O) groups is 1. The second-order valence-electron chi connectivity index (χ2n) is 13.2. The van der Waals surface area contributed by atoms with Crippen LogP contribution in [0.3, 0.4) is 0 Å². The Hall–Kier alpha value is -1.75. The first-order valence-corrected chi connectivity index (χ1v) is 16.7. The van der Waals surface area contributed by atoms with E-state index in [1.54, 1.807) is 0 Å². The van der Waals surface area contributed by atoms with Crippen LogP contribution in [-0.4, -0.2) is 101 Å². The number of nitrogens with one attached hydrogen (secondary N) is 1. The minimum Gasteiger partial charge on any atom is -0.491 e. The van der Waals surface area contributed by atoms with Gasteiger partial charge in [-0.2, -0.15) is 0 Å². The number of fused-ring (bicyclic) bond motifs is 5. The van der Waals surface area contributed by atoms with Gasteiger partial charge in [-0.1, -0.05) is 26.8 Å². The Balaban J connectivity index is 1.02. The number of aryl methyl sites for hydroxylation is 1. The quantitative estimate of drug-likeness (QED) is 0.206. The van der Waals surface area contributed by atoms with E-state index in [9.17, 15) is 9.90 Å². The van der Waals surface area contributed by atoms with Gasteiger partial charge in [0.1, 0.15) is 12.4 Å². The lowest BCUT2D eigenvalue weighted by Gasteiger charge is -2.50. The summed E-state index contributed by atoms with van der Waals surface area (Å²) < 4.78 is 23.0. The Kier molecular flexibility index (Phi) is 13.6. The second kappa shape index (κ2) is 17.1. The summed E-state index contributed by atoms with van der Waals surface area (Å²) in [5, 5.41) is 13.6. The van der Waals surface area contributed by atoms with Crippen molar-refractivity contribution in [1.82, 2.24) is 10.2 Å². The summed E-state index contributed by atoms with van der Waals surface area (Å²) in [6.07, 6.45) is 6.72. The summed E-state index contributed by atoms with van der Waals surface area (Å²) in [7, 11) is 0. The number of rotatable bonds is 19. The highest BCUT2D eigenvalue weighted by Crippen LogP contribution is 2.60. The monoisotopic (exact) mass is 603 g/mol. The maximum Gasteiger partial charge on any atom is 0.222 e. The highest BCUT2D eigenvalue weighted by Gasteiger charge is 2.54. The first-order chi connectivity index (χ1) is 20.8. The molecule has 0 radical (unpaired) electrons. The molecule has 4 rings (SSSR count). The van der Waals surface area contributed by atoms with Crippen LogP contribution in [0, 0.1) is 23.2 Å². The molecule has 1 aromatic carbocycles. The maximum absolute atomic E-state index is 11.7. The Labute approximate surface area is 259 Å². The van der Waals surface area contributed by atoms with E-state index in [1.807, 2.05) is 13.8 Å². The van der Waals surface area contributed by atoms with E-state index in [2.05, 4.69) is 35.3 Å². The number of hydrogen-bond acceptors (Lipinski definition) is 8. The molecule has 0 saturated heterocycles. The highest BCUT2D eigenvalue weighted by atomic mass is 16.6. The molecule has 2 saturated carbocycles. The lowest BCUT2D eigenvalue weighted by atomic mass is 9.55. The summed E-state index contributed by atoms with van der Waals surface area (Å²) in [6, 6.07) is 6.67. The Bertz CT molecular complexity index is 993. The van der Waals surface area contributed by atoms with Crippen molar-refractivity contribution < 1.29 is 28.8 Å². The molecule has 43 heavy (non-hydrogen) atoms. The summed E-state index contributed by atoms with van der Waals surface area (Å²) >= 11 is 0. The van der Waals surface area contributed by atoms with Crippen LogP contribution in [0.15, 0.2) is 18.2 Å². The number of amides is 1. The van der Waals surface area contributed by atoms with Gasteiger partial charge in [-0.25, -0.2) is 0 Å². The first-order valence-electron chi connectivity index (χ1n) is 16.7. The summed E-state index contributed by atoms with van der Waals surface area (Å²) in [4.78, 5) is 13.9. The van der Waals surface area contributed by atoms with Crippen molar-refractivity contribution in [1.29, 1.82) is 0 Å². The van der Waals surface area contributed by atoms with Gasteiger partial charge in [0.15, 0.2) is 0 Å². The van der Waals surface area contributed by atoms with E-state index in [0.29, 0.717) is 77.1 Å². The number of nitrogens with two attached hydrogens (primary N) is 1. The van der Waals surface area contributed by atoms with E-state index in [0.717, 1.165) is 44.6 Å². The van der Waals surface area contributed by atoms with Gasteiger partial charge >= 0.3 is 0 Å². The molecule has 0 aromatic heterocycles. The smallest absolute Gasteiger partial charge is 0.222 e. The molecule has 9 heteroatoms. The number of ether oxygens (including phenoxy) is 4. The van der Waals surface area contributed by atoms with Crippen molar-refractivity contribution in [2.24, 2.45) is 28.9 Å². The van der Waals surface area contributed by atoms with E-state index in [1.165, 1.54) is 30.4 Å². The van der Waals surface area contributed by atoms with E-state index in [-0.39, 0.29) is 23.3 Å². The molecule has 3 aliphatic rings. The normalized spacial score (nSPS) is 26.3. The molecule has 1 amide bonds. The van der Waals surface area contributed by atoms with Gasteiger partial charge in [0.05, 0.1) is 45.7 Å². The average Bonchev–Trinajstić information content (AvgIpc) is 3.31. The van der Waals surface area contributed by atoms with E-state index in [4.69, 9.17) is 24.7 Å². The van der Waals surface area contributed by atoms with Crippen LogP contribution in [0.2, 0.25) is 0 Å². The Morgan fingerprint density at radius 2 is 1.72 bits per heavy atom. The van der Waals surface area contributed by atoms with Gasteiger partial charge < -0.3 is 35.1 Å². The third-order valence-corrected chi connectivity index (χ3v) is 10.1. The standard InChI is InChI=1S/C34H57N3O6/c1-25(2)33(39)36-13-15-37(14-12-35)16-17-40-18-19-41-20-21-42-22-23-43-27-5-7-28-26(24-27)4-6-30-29(28)10-11-34(3)31(30)8-9-32(34)38/h5,7,24-25,29-32,38H,4,6,8-23,35H2,1-3H3,(H,36,39)/t29-,30?,31+,32?,34?/m1/s1. The molecule has 244 valence electrons. The zero-order valence-electron chi connectivity index (χ0n) is 26.9. The fraction of sp³-hybridized carbons (Fsp3) is 0.794. The third-order valence-electron chi connectivity index (χ3n) is 10.1. The van der Waals surface area contributed by atoms with Crippen LogP contribution < -0.4 is 15.8 Å². The number of nitrogens with zero attached hydrogens (tertiary/aromatic N) is 1. The predicted octanol–water partition coefficient (Wildman–Crippen LogP) is 3.37. The van der Waals surface area contributed by atoms with Gasteiger partial charge in [0.25, 0.3) is 0 Å². The van der Waals surface area contributed by atoms with Crippen molar-refractivity contribution in [3.63, 3.8) is 0 Å². The minimum absolute atomic E-state index is 0.00299. The van der Waals surface area contributed by atoms with Crippen LogP contribution in [-0.2, 0) is 25.4 Å². The molecule has 1 aromatic rings. The van der Waals surface area contributed by atoms with Crippen LogP contribution in [0.25, 0.3) is 0 Å². The maximum atomic E-state index is 11.7. The zero-order chi connectivity index (χ0) is 30.7. The molecule has 3 unspecified atom stereocenters. The molecule has 0 spiro atoms. The van der Waals surface area contributed by atoms with Gasteiger partial charge in [-0.05, 0) is 85.0 Å². The molecule has 0 bridgehead atoms. The van der Waals surface area contributed by atoms with Gasteiger partial charge in [-0.15, -0.1) is 0 Å². The fourth-order valence-electron chi connectivity index (χ4n) is 7.63. The number of aliphatic hydroxyl groups excluding tert-OH is 1. The topological polar surface area (TPSA) is 116 Å². The minimum atomic E-state index is -0.115. The fourth-order valence-corrected chi connectivity index (χ4v) is 7.63. The molecular weight excluding hydrogens is 546 g/mol. The molecule has 5 atom stereocenters. The molecule has 0 aliphatic heterocycles. The second-order valence-corrected chi connectivity index (χ2v) is 13.2. The number of hydrogen-bond donors (Lipinski definition) is 3.